The highest BCUT2D eigenvalue weighted by Gasteiger charge is 2.31. The summed E-state index contributed by atoms with van der Waals surface area (Å²) >= 11 is 0. The zero-order chi connectivity index (χ0) is 11.0. The molecule has 0 aromatic carbocycles. The molecule has 1 aliphatic rings. The topological polar surface area (TPSA) is 59.4 Å². The second kappa shape index (κ2) is 3.62. The van der Waals surface area contributed by atoms with Gasteiger partial charge in [-0.2, -0.15) is 0 Å². The number of carbonyl (C=O) groups excluding carboxylic acids is 1. The lowest BCUT2D eigenvalue weighted by atomic mass is 10.0. The summed E-state index contributed by atoms with van der Waals surface area (Å²) in [6, 6.07) is 0. The van der Waals surface area contributed by atoms with Crippen LogP contribution in [0.25, 0.3) is 0 Å². The van der Waals surface area contributed by atoms with Crippen molar-refractivity contribution in [2.75, 3.05) is 7.11 Å². The number of ether oxygens (including phenoxy) is 1. The Morgan fingerprint density at radius 3 is 3.00 bits per heavy atom. The van der Waals surface area contributed by atoms with E-state index in [2.05, 4.69) is 9.72 Å². The molecule has 4 heteroatoms. The van der Waals surface area contributed by atoms with Crippen LogP contribution in [0.15, 0.2) is 12.4 Å². The summed E-state index contributed by atoms with van der Waals surface area (Å²) in [4.78, 5) is 15.4. The molecule has 0 radical (unpaired) electrons. The maximum absolute atomic E-state index is 11.4. The second-order valence-corrected chi connectivity index (χ2v) is 3.81. The minimum absolute atomic E-state index is 0.0390. The lowest BCUT2D eigenvalue weighted by Gasteiger charge is -2.07. The fourth-order valence-corrected chi connectivity index (χ4v) is 2.00. The second-order valence-electron chi connectivity index (χ2n) is 3.81. The van der Waals surface area contributed by atoms with Gasteiger partial charge in [0, 0.05) is 24.7 Å². The standard InChI is InChI=1S/C11H13NO3/c1-6-8-4-12-5-9(11(14)15-2)7(8)3-10(6)13/h4-6,10,13H,3H2,1-2H3/t6-,10-/m1/s1. The van der Waals surface area contributed by atoms with Gasteiger partial charge in [0.15, 0.2) is 0 Å². The van der Waals surface area contributed by atoms with Crippen molar-refractivity contribution in [3.63, 3.8) is 0 Å². The van der Waals surface area contributed by atoms with Crippen LogP contribution in [-0.4, -0.2) is 29.3 Å². The van der Waals surface area contributed by atoms with Crippen molar-refractivity contribution < 1.29 is 14.6 Å². The van der Waals surface area contributed by atoms with Crippen LogP contribution in [0.5, 0.6) is 0 Å². The Bertz CT molecular complexity index is 403. The smallest absolute Gasteiger partial charge is 0.339 e. The van der Waals surface area contributed by atoms with Crippen molar-refractivity contribution in [2.24, 2.45) is 0 Å². The molecule has 0 bridgehead atoms. The molecule has 15 heavy (non-hydrogen) atoms. The first-order valence-electron chi connectivity index (χ1n) is 4.88. The average molecular weight is 207 g/mol. The molecular formula is C11H13NO3. The van der Waals surface area contributed by atoms with Gasteiger partial charge in [0.05, 0.1) is 18.8 Å². The molecule has 4 nitrogen and oxygen atoms in total. The van der Waals surface area contributed by atoms with Gasteiger partial charge >= 0.3 is 5.97 Å². The zero-order valence-electron chi connectivity index (χ0n) is 8.73. The summed E-state index contributed by atoms with van der Waals surface area (Å²) in [5.41, 5.74) is 2.29. The molecule has 0 saturated heterocycles. The molecule has 2 atom stereocenters. The van der Waals surface area contributed by atoms with Gasteiger partial charge in [-0.3, -0.25) is 4.98 Å². The van der Waals surface area contributed by atoms with Crippen molar-refractivity contribution in [3.05, 3.63) is 29.1 Å². The molecule has 0 saturated carbocycles. The number of pyridine rings is 1. The third-order valence-electron chi connectivity index (χ3n) is 2.98. The van der Waals surface area contributed by atoms with Crippen molar-refractivity contribution in [1.29, 1.82) is 0 Å². The van der Waals surface area contributed by atoms with Crippen LogP contribution in [0, 0.1) is 0 Å². The maximum Gasteiger partial charge on any atom is 0.339 e. The number of esters is 1. The van der Waals surface area contributed by atoms with Gasteiger partial charge in [0.1, 0.15) is 0 Å². The lowest BCUT2D eigenvalue weighted by Crippen LogP contribution is -2.09. The summed E-state index contributed by atoms with van der Waals surface area (Å²) in [5.74, 6) is -0.349. The molecule has 1 aromatic heterocycles. The van der Waals surface area contributed by atoms with Crippen LogP contribution in [0.1, 0.15) is 34.3 Å². The van der Waals surface area contributed by atoms with E-state index < -0.39 is 6.10 Å². The number of carbonyl (C=O) groups is 1. The largest absolute Gasteiger partial charge is 0.465 e. The Kier molecular flexibility index (Phi) is 2.44. The summed E-state index contributed by atoms with van der Waals surface area (Å²) in [6.07, 6.45) is 3.29. The van der Waals surface area contributed by atoms with Crippen molar-refractivity contribution >= 4 is 5.97 Å². The monoisotopic (exact) mass is 207 g/mol. The molecule has 80 valence electrons. The minimum atomic E-state index is -0.424. The fraction of sp³-hybridized carbons (Fsp3) is 0.455. The molecule has 0 fully saturated rings. The van der Waals surface area contributed by atoms with E-state index >= 15 is 0 Å². The van der Waals surface area contributed by atoms with Crippen molar-refractivity contribution in [3.8, 4) is 0 Å². The number of methoxy groups -OCH3 is 1. The van der Waals surface area contributed by atoms with E-state index in [9.17, 15) is 9.90 Å². The Labute approximate surface area is 87.9 Å². The van der Waals surface area contributed by atoms with Crippen molar-refractivity contribution in [1.82, 2.24) is 4.98 Å². The lowest BCUT2D eigenvalue weighted by molar-refractivity contribution is 0.0599. The van der Waals surface area contributed by atoms with E-state index in [1.54, 1.807) is 6.20 Å². The van der Waals surface area contributed by atoms with Crippen LogP contribution >= 0.6 is 0 Å². The third-order valence-corrected chi connectivity index (χ3v) is 2.98. The highest BCUT2D eigenvalue weighted by atomic mass is 16.5. The Balaban J connectivity index is 2.49. The molecule has 1 N–H and O–H groups in total. The van der Waals surface area contributed by atoms with Crippen LogP contribution in [0.4, 0.5) is 0 Å². The molecule has 0 unspecified atom stereocenters. The SMILES string of the molecule is COC(=O)c1cncc2c1C[C@@H](O)[C@@H]2C. The predicted octanol–water partition coefficient (Wildman–Crippen LogP) is 0.889. The minimum Gasteiger partial charge on any atom is -0.465 e. The number of hydrogen-bond donors (Lipinski definition) is 1. The van der Waals surface area contributed by atoms with Crippen LogP contribution in [0.2, 0.25) is 0 Å². The molecule has 1 heterocycles. The number of nitrogens with zero attached hydrogens (tertiary/aromatic N) is 1. The van der Waals surface area contributed by atoms with E-state index in [-0.39, 0.29) is 11.9 Å². The fourth-order valence-electron chi connectivity index (χ4n) is 2.00. The Hall–Kier alpha value is -1.42. The highest BCUT2D eigenvalue weighted by molar-refractivity contribution is 5.91. The zero-order valence-corrected chi connectivity index (χ0v) is 8.73. The van der Waals surface area contributed by atoms with E-state index in [1.807, 2.05) is 6.92 Å². The first kappa shape index (κ1) is 10.1. The molecule has 0 spiro atoms. The van der Waals surface area contributed by atoms with E-state index in [1.165, 1.54) is 13.3 Å². The first-order valence-corrected chi connectivity index (χ1v) is 4.88. The van der Waals surface area contributed by atoms with Crippen LogP contribution in [0.3, 0.4) is 0 Å². The third kappa shape index (κ3) is 1.51. The Morgan fingerprint density at radius 2 is 2.33 bits per heavy atom. The van der Waals surface area contributed by atoms with E-state index in [0.29, 0.717) is 12.0 Å². The predicted molar refractivity (Wildman–Crippen MR) is 53.7 cm³/mol. The number of hydrogen-bond acceptors (Lipinski definition) is 4. The molecule has 0 aliphatic heterocycles. The highest BCUT2D eigenvalue weighted by Crippen LogP contribution is 2.34. The Morgan fingerprint density at radius 1 is 1.60 bits per heavy atom. The molecule has 0 amide bonds. The van der Waals surface area contributed by atoms with Gasteiger partial charge in [-0.05, 0) is 11.1 Å². The van der Waals surface area contributed by atoms with Crippen molar-refractivity contribution in [2.45, 2.75) is 25.4 Å². The van der Waals surface area contributed by atoms with Crippen LogP contribution in [-0.2, 0) is 11.2 Å². The van der Waals surface area contributed by atoms with Gasteiger partial charge in [-0.15, -0.1) is 0 Å². The quantitative estimate of drug-likeness (QED) is 0.695. The van der Waals surface area contributed by atoms with Gasteiger partial charge in [0.25, 0.3) is 0 Å². The number of aliphatic hydroxyl groups excluding tert-OH is 1. The number of fused-ring (bicyclic) bond motifs is 1. The number of aliphatic hydroxyl groups is 1. The number of rotatable bonds is 1. The summed E-state index contributed by atoms with van der Waals surface area (Å²) in [6.45, 7) is 1.93. The average Bonchev–Trinajstić information content (AvgIpc) is 2.54. The summed E-state index contributed by atoms with van der Waals surface area (Å²) in [7, 11) is 1.34. The maximum atomic E-state index is 11.4. The van der Waals surface area contributed by atoms with E-state index in [0.717, 1.165) is 11.1 Å². The molecule has 1 aromatic rings. The van der Waals surface area contributed by atoms with Gasteiger partial charge < -0.3 is 9.84 Å². The summed E-state index contributed by atoms with van der Waals surface area (Å²) in [5, 5.41) is 9.72. The molecular weight excluding hydrogens is 194 g/mol. The first-order chi connectivity index (χ1) is 7.15. The molecule has 1 aliphatic carbocycles. The van der Waals surface area contributed by atoms with Gasteiger partial charge in [-0.1, -0.05) is 6.92 Å². The number of aromatic nitrogens is 1. The van der Waals surface area contributed by atoms with Gasteiger partial charge in [0.2, 0.25) is 0 Å². The van der Waals surface area contributed by atoms with E-state index in [4.69, 9.17) is 0 Å². The normalized spacial score (nSPS) is 23.7. The van der Waals surface area contributed by atoms with Gasteiger partial charge in [-0.25, -0.2) is 4.79 Å². The summed E-state index contributed by atoms with van der Waals surface area (Å²) < 4.78 is 4.67. The van der Waals surface area contributed by atoms with Crippen LogP contribution < -0.4 is 0 Å². The molecule has 2 rings (SSSR count).